The van der Waals surface area contributed by atoms with Gasteiger partial charge >= 0.3 is 0 Å². The number of aryl methyl sites for hydroxylation is 1. The molecule has 6 nitrogen and oxygen atoms in total. The largest absolute Gasteiger partial charge is 0.486 e. The molecule has 0 saturated carbocycles. The summed E-state index contributed by atoms with van der Waals surface area (Å²) >= 11 is 0. The van der Waals surface area contributed by atoms with Crippen LogP contribution in [0.1, 0.15) is 38.3 Å². The minimum atomic E-state index is -0.523. The number of carbonyl (C=O) groups is 2. The highest BCUT2D eigenvalue weighted by atomic mass is 16.6. The van der Waals surface area contributed by atoms with Gasteiger partial charge in [0.1, 0.15) is 19.3 Å². The topological polar surface area (TPSA) is 67.9 Å². The fourth-order valence-electron chi connectivity index (χ4n) is 3.66. The highest BCUT2D eigenvalue weighted by Crippen LogP contribution is 2.31. The van der Waals surface area contributed by atoms with E-state index >= 15 is 0 Å². The molecular formula is C26H34N2O4. The first-order valence-electron chi connectivity index (χ1n) is 11.4. The number of nitrogens with zero attached hydrogens (tertiary/aromatic N) is 1. The third kappa shape index (κ3) is 6.74. The average Bonchev–Trinajstić information content (AvgIpc) is 2.81. The quantitative estimate of drug-likeness (QED) is 0.615. The number of fused-ring (bicyclic) bond motifs is 1. The fourth-order valence-corrected chi connectivity index (χ4v) is 3.66. The molecule has 0 saturated heterocycles. The van der Waals surface area contributed by atoms with Crippen molar-refractivity contribution in [3.05, 3.63) is 59.7 Å². The predicted molar refractivity (Wildman–Crippen MR) is 125 cm³/mol. The number of hydrogen-bond donors (Lipinski definition) is 1. The molecule has 6 heteroatoms. The Morgan fingerprint density at radius 1 is 0.938 bits per heavy atom. The molecule has 0 spiro atoms. The van der Waals surface area contributed by atoms with Crippen LogP contribution >= 0.6 is 0 Å². The minimum absolute atomic E-state index is 0.0250. The van der Waals surface area contributed by atoms with Gasteiger partial charge in [-0.25, -0.2) is 0 Å². The molecule has 0 radical (unpaired) electrons. The van der Waals surface area contributed by atoms with Gasteiger partial charge in [0.2, 0.25) is 11.8 Å². The number of benzene rings is 2. The van der Waals surface area contributed by atoms with Crippen molar-refractivity contribution in [2.24, 2.45) is 5.92 Å². The third-order valence-corrected chi connectivity index (χ3v) is 5.57. The second-order valence-corrected chi connectivity index (χ2v) is 8.62. The van der Waals surface area contributed by atoms with Crippen molar-refractivity contribution in [2.75, 3.05) is 26.3 Å². The van der Waals surface area contributed by atoms with Crippen LogP contribution in [-0.2, 0) is 22.4 Å². The molecule has 3 rings (SSSR count). The second-order valence-electron chi connectivity index (χ2n) is 8.62. The molecule has 0 unspecified atom stereocenters. The molecule has 1 aliphatic heterocycles. The first-order chi connectivity index (χ1) is 15.4. The van der Waals surface area contributed by atoms with Crippen molar-refractivity contribution in [1.82, 2.24) is 10.2 Å². The Kier molecular flexibility index (Phi) is 8.54. The van der Waals surface area contributed by atoms with E-state index < -0.39 is 6.04 Å². The molecule has 2 amide bonds. The van der Waals surface area contributed by atoms with Crippen molar-refractivity contribution in [3.8, 4) is 11.5 Å². The van der Waals surface area contributed by atoms with Crippen molar-refractivity contribution in [3.63, 3.8) is 0 Å². The zero-order valence-electron chi connectivity index (χ0n) is 19.3. The van der Waals surface area contributed by atoms with Crippen LogP contribution in [0.5, 0.6) is 11.5 Å². The second kappa shape index (κ2) is 11.6. The number of rotatable bonds is 10. The van der Waals surface area contributed by atoms with E-state index in [1.807, 2.05) is 55.5 Å². The van der Waals surface area contributed by atoms with Gasteiger partial charge in [-0.3, -0.25) is 9.59 Å². The van der Waals surface area contributed by atoms with Gasteiger partial charge < -0.3 is 19.7 Å². The molecule has 0 aliphatic carbocycles. The van der Waals surface area contributed by atoms with E-state index in [4.69, 9.17) is 9.47 Å². The molecule has 0 bridgehead atoms. The van der Waals surface area contributed by atoms with Crippen LogP contribution in [0, 0.1) is 5.92 Å². The maximum Gasteiger partial charge on any atom is 0.242 e. The van der Waals surface area contributed by atoms with Crippen LogP contribution in [0.2, 0.25) is 0 Å². The Hall–Kier alpha value is -3.02. The zero-order valence-corrected chi connectivity index (χ0v) is 19.3. The minimum Gasteiger partial charge on any atom is -0.486 e. The highest BCUT2D eigenvalue weighted by molar-refractivity contribution is 5.87. The molecular weight excluding hydrogens is 404 g/mol. The molecule has 32 heavy (non-hydrogen) atoms. The molecule has 1 aliphatic rings. The lowest BCUT2D eigenvalue weighted by Crippen LogP contribution is -2.49. The molecule has 2 aromatic rings. The van der Waals surface area contributed by atoms with Crippen LogP contribution in [0.25, 0.3) is 0 Å². The monoisotopic (exact) mass is 438 g/mol. The number of amides is 2. The van der Waals surface area contributed by atoms with E-state index in [0.29, 0.717) is 51.5 Å². The van der Waals surface area contributed by atoms with Crippen molar-refractivity contribution < 1.29 is 19.1 Å². The number of ether oxygens (including phenoxy) is 2. The summed E-state index contributed by atoms with van der Waals surface area (Å²) in [4.78, 5) is 27.6. The Bertz CT molecular complexity index is 898. The molecule has 172 valence electrons. The van der Waals surface area contributed by atoms with Gasteiger partial charge in [0.05, 0.1) is 0 Å². The summed E-state index contributed by atoms with van der Waals surface area (Å²) in [5, 5.41) is 2.96. The standard InChI is InChI=1S/C26H34N2O4/c1-19(2)18-27-26(30)20(3)28(14-13-21-7-5-4-6-8-21)25(29)12-10-22-9-11-23-24(17-22)32-16-15-31-23/h4-9,11,17,19-20H,10,12-16,18H2,1-3H3,(H,27,30)/t20-/m1/s1. The first kappa shape index (κ1) is 23.6. The summed E-state index contributed by atoms with van der Waals surface area (Å²) in [5.74, 6) is 1.69. The molecule has 0 fully saturated rings. The van der Waals surface area contributed by atoms with Crippen LogP contribution in [0.4, 0.5) is 0 Å². The first-order valence-corrected chi connectivity index (χ1v) is 11.4. The number of nitrogens with one attached hydrogen (secondary N) is 1. The van der Waals surface area contributed by atoms with E-state index in [-0.39, 0.29) is 11.8 Å². The maximum absolute atomic E-state index is 13.2. The summed E-state index contributed by atoms with van der Waals surface area (Å²) < 4.78 is 11.2. The van der Waals surface area contributed by atoms with Gasteiger partial charge in [0.15, 0.2) is 11.5 Å². The summed E-state index contributed by atoms with van der Waals surface area (Å²) in [6, 6.07) is 15.3. The van der Waals surface area contributed by atoms with Crippen molar-refractivity contribution in [1.29, 1.82) is 0 Å². The smallest absolute Gasteiger partial charge is 0.242 e. The predicted octanol–water partition coefficient (Wildman–Crippen LogP) is 3.62. The summed E-state index contributed by atoms with van der Waals surface area (Å²) in [6.07, 6.45) is 1.62. The van der Waals surface area contributed by atoms with Crippen LogP contribution in [0.3, 0.4) is 0 Å². The van der Waals surface area contributed by atoms with Crippen LogP contribution < -0.4 is 14.8 Å². The van der Waals surface area contributed by atoms with E-state index in [2.05, 4.69) is 19.2 Å². The highest BCUT2D eigenvalue weighted by Gasteiger charge is 2.25. The molecule has 1 N–H and O–H groups in total. The summed E-state index contributed by atoms with van der Waals surface area (Å²) in [5.41, 5.74) is 2.16. The van der Waals surface area contributed by atoms with Gasteiger partial charge in [-0.1, -0.05) is 50.2 Å². The van der Waals surface area contributed by atoms with Gasteiger partial charge in [-0.05, 0) is 48.9 Å². The Balaban J connectivity index is 1.65. The number of carbonyl (C=O) groups excluding carboxylic acids is 2. The average molecular weight is 439 g/mol. The lowest BCUT2D eigenvalue weighted by atomic mass is 10.1. The molecule has 0 aromatic heterocycles. The molecule has 1 heterocycles. The maximum atomic E-state index is 13.2. The zero-order chi connectivity index (χ0) is 22.9. The van der Waals surface area contributed by atoms with E-state index in [9.17, 15) is 9.59 Å². The molecule has 2 aromatic carbocycles. The Morgan fingerprint density at radius 3 is 2.38 bits per heavy atom. The SMILES string of the molecule is CC(C)CNC(=O)[C@@H](C)N(CCc1ccccc1)C(=O)CCc1ccc2c(c1)OCCO2. The lowest BCUT2D eigenvalue weighted by molar-refractivity contribution is -0.139. The van der Waals surface area contributed by atoms with Crippen molar-refractivity contribution >= 4 is 11.8 Å². The number of hydrogen-bond acceptors (Lipinski definition) is 4. The van der Waals surface area contributed by atoms with Crippen LogP contribution in [-0.4, -0.2) is 49.1 Å². The van der Waals surface area contributed by atoms with E-state index in [0.717, 1.165) is 22.6 Å². The van der Waals surface area contributed by atoms with E-state index in [1.54, 1.807) is 4.90 Å². The van der Waals surface area contributed by atoms with Gasteiger partial charge in [-0.15, -0.1) is 0 Å². The van der Waals surface area contributed by atoms with Gasteiger partial charge in [-0.2, -0.15) is 0 Å². The van der Waals surface area contributed by atoms with Gasteiger partial charge in [0, 0.05) is 19.5 Å². The summed E-state index contributed by atoms with van der Waals surface area (Å²) in [6.45, 7) is 8.10. The van der Waals surface area contributed by atoms with Crippen LogP contribution in [0.15, 0.2) is 48.5 Å². The normalized spacial score (nSPS) is 13.5. The van der Waals surface area contributed by atoms with E-state index in [1.165, 1.54) is 0 Å². The fraction of sp³-hybridized carbons (Fsp3) is 0.462. The Labute approximate surface area is 190 Å². The third-order valence-electron chi connectivity index (χ3n) is 5.57. The lowest BCUT2D eigenvalue weighted by Gasteiger charge is -2.29. The molecule has 1 atom stereocenters. The summed E-state index contributed by atoms with van der Waals surface area (Å²) in [7, 11) is 0. The van der Waals surface area contributed by atoms with Gasteiger partial charge in [0.25, 0.3) is 0 Å². The van der Waals surface area contributed by atoms with Crippen molar-refractivity contribution in [2.45, 2.75) is 46.1 Å². The Morgan fingerprint density at radius 2 is 1.66 bits per heavy atom.